The Labute approximate surface area is 129 Å². The fraction of sp³-hybridized carbons (Fsp3) is 0.600. The van der Waals surface area contributed by atoms with Crippen LogP contribution in [0.2, 0.25) is 0 Å². The molecule has 1 aromatic rings. The minimum absolute atomic E-state index is 0.245. The molecule has 0 amide bonds. The second-order valence-electron chi connectivity index (χ2n) is 6.24. The van der Waals surface area contributed by atoms with Crippen LogP contribution in [-0.2, 0) is 22.7 Å². The van der Waals surface area contributed by atoms with E-state index in [0.29, 0.717) is 19.3 Å². The number of halogens is 3. The quantitative estimate of drug-likeness (QED) is 0.594. The highest BCUT2D eigenvalue weighted by atomic mass is 32.2. The van der Waals surface area contributed by atoms with Gasteiger partial charge in [-0.25, -0.2) is 0 Å². The maximum atomic E-state index is 13.0. The summed E-state index contributed by atoms with van der Waals surface area (Å²) in [5, 5.41) is 0. The van der Waals surface area contributed by atoms with Gasteiger partial charge in [0.1, 0.15) is 0 Å². The molecule has 0 atom stereocenters. The average Bonchev–Trinajstić information content (AvgIpc) is 2.32. The third kappa shape index (κ3) is 6.79. The van der Waals surface area contributed by atoms with Gasteiger partial charge in [-0.15, -0.1) is 0 Å². The first-order valence-corrected chi connectivity index (χ1v) is 8.62. The zero-order valence-corrected chi connectivity index (χ0v) is 13.5. The third-order valence-electron chi connectivity index (χ3n) is 3.50. The van der Waals surface area contributed by atoms with Crippen molar-refractivity contribution in [2.24, 2.45) is 5.41 Å². The van der Waals surface area contributed by atoms with Gasteiger partial charge in [0, 0.05) is 0 Å². The Morgan fingerprint density at radius 1 is 1.09 bits per heavy atom. The van der Waals surface area contributed by atoms with E-state index in [0.717, 1.165) is 6.07 Å². The van der Waals surface area contributed by atoms with Crippen LogP contribution >= 0.6 is 0 Å². The molecule has 126 valence electrons. The summed E-state index contributed by atoms with van der Waals surface area (Å²) < 4.78 is 68.8. The Hall–Kier alpha value is -1.08. The van der Waals surface area contributed by atoms with E-state index < -0.39 is 21.9 Å². The summed E-state index contributed by atoms with van der Waals surface area (Å²) in [5.74, 6) is -0.317. The number of benzene rings is 1. The van der Waals surface area contributed by atoms with Crippen LogP contribution in [0.25, 0.3) is 0 Å². The van der Waals surface area contributed by atoms with Crippen molar-refractivity contribution in [3.63, 3.8) is 0 Å². The summed E-state index contributed by atoms with van der Waals surface area (Å²) in [4.78, 5) is 0. The van der Waals surface area contributed by atoms with Crippen LogP contribution in [0.1, 0.15) is 44.2 Å². The topological polar surface area (TPSA) is 54.4 Å². The Kier molecular flexibility index (Phi) is 6.03. The molecule has 0 saturated heterocycles. The van der Waals surface area contributed by atoms with E-state index in [2.05, 4.69) is 0 Å². The van der Waals surface area contributed by atoms with Gasteiger partial charge in [0.05, 0.1) is 11.3 Å². The summed E-state index contributed by atoms with van der Waals surface area (Å²) in [5.41, 5.74) is -0.767. The van der Waals surface area contributed by atoms with Gasteiger partial charge in [0.15, 0.2) is 0 Å². The smallest absolute Gasteiger partial charge is 0.286 e. The zero-order valence-electron chi connectivity index (χ0n) is 12.7. The molecule has 0 spiro atoms. The largest absolute Gasteiger partial charge is 0.416 e. The minimum atomic E-state index is -4.38. The van der Waals surface area contributed by atoms with Gasteiger partial charge in [0.25, 0.3) is 10.1 Å². The fourth-order valence-electron chi connectivity index (χ4n) is 2.44. The fourth-order valence-corrected chi connectivity index (χ4v) is 3.01. The predicted molar refractivity (Wildman–Crippen MR) is 79.2 cm³/mol. The number of alkyl halides is 3. The molecule has 7 heteroatoms. The van der Waals surface area contributed by atoms with Crippen LogP contribution in [0.4, 0.5) is 13.2 Å². The van der Waals surface area contributed by atoms with E-state index >= 15 is 0 Å². The van der Waals surface area contributed by atoms with Gasteiger partial charge < -0.3 is 0 Å². The van der Waals surface area contributed by atoms with Crippen molar-refractivity contribution in [3.8, 4) is 0 Å². The Morgan fingerprint density at radius 2 is 1.68 bits per heavy atom. The molecule has 22 heavy (non-hydrogen) atoms. The lowest BCUT2D eigenvalue weighted by Gasteiger charge is -2.26. The van der Waals surface area contributed by atoms with E-state index in [1.165, 1.54) is 12.1 Å². The monoisotopic (exact) mass is 338 g/mol. The van der Waals surface area contributed by atoms with Crippen LogP contribution in [-0.4, -0.2) is 18.7 Å². The first kappa shape index (κ1) is 19.0. The highest BCUT2D eigenvalue weighted by Gasteiger charge is 2.34. The molecule has 0 unspecified atom stereocenters. The lowest BCUT2D eigenvalue weighted by Crippen LogP contribution is -2.19. The number of rotatable bonds is 7. The van der Waals surface area contributed by atoms with E-state index in [4.69, 9.17) is 4.55 Å². The number of hydrogen-bond donors (Lipinski definition) is 1. The molecular weight excluding hydrogens is 317 g/mol. The van der Waals surface area contributed by atoms with Crippen molar-refractivity contribution in [1.29, 1.82) is 0 Å². The number of hydrogen-bond acceptors (Lipinski definition) is 2. The predicted octanol–water partition coefficient (Wildman–Crippen LogP) is 4.33. The molecule has 0 bridgehead atoms. The molecule has 3 nitrogen and oxygen atoms in total. The molecule has 0 heterocycles. The minimum Gasteiger partial charge on any atom is -0.286 e. The average molecular weight is 338 g/mol. The van der Waals surface area contributed by atoms with Crippen molar-refractivity contribution >= 4 is 10.1 Å². The molecule has 1 rings (SSSR count). The molecule has 0 radical (unpaired) electrons. The van der Waals surface area contributed by atoms with Crippen LogP contribution in [0.3, 0.4) is 0 Å². The van der Waals surface area contributed by atoms with E-state index in [1.54, 1.807) is 6.07 Å². The molecular formula is C15H21F3O3S. The molecule has 0 fully saturated rings. The summed E-state index contributed by atoms with van der Waals surface area (Å²) in [6.45, 7) is 3.71. The summed E-state index contributed by atoms with van der Waals surface area (Å²) in [6.07, 6.45) is -2.72. The Bertz CT molecular complexity index is 592. The first-order valence-electron chi connectivity index (χ1n) is 7.01. The molecule has 0 aliphatic rings. The number of unbranched alkanes of at least 4 members (excludes halogenated alkanes) is 1. The van der Waals surface area contributed by atoms with Crippen LogP contribution in [0.15, 0.2) is 24.3 Å². The van der Waals surface area contributed by atoms with Crippen LogP contribution < -0.4 is 0 Å². The lowest BCUT2D eigenvalue weighted by atomic mass is 9.80. The Balaban J connectivity index is 2.69. The van der Waals surface area contributed by atoms with E-state index in [9.17, 15) is 21.6 Å². The van der Waals surface area contributed by atoms with Gasteiger partial charge in [0.2, 0.25) is 0 Å². The lowest BCUT2D eigenvalue weighted by molar-refractivity contribution is -0.138. The normalized spacial score (nSPS) is 13.4. The molecule has 0 saturated carbocycles. The molecule has 1 N–H and O–H groups in total. The molecule has 0 aliphatic carbocycles. The van der Waals surface area contributed by atoms with E-state index in [1.807, 2.05) is 13.8 Å². The van der Waals surface area contributed by atoms with Gasteiger partial charge in [-0.05, 0) is 36.3 Å². The van der Waals surface area contributed by atoms with Gasteiger partial charge >= 0.3 is 6.18 Å². The highest BCUT2D eigenvalue weighted by Crippen LogP contribution is 2.36. The molecule has 1 aromatic carbocycles. The second-order valence-corrected chi connectivity index (χ2v) is 7.81. The van der Waals surface area contributed by atoms with Gasteiger partial charge in [-0.1, -0.05) is 38.5 Å². The van der Waals surface area contributed by atoms with E-state index in [-0.39, 0.29) is 23.2 Å². The van der Waals surface area contributed by atoms with Crippen molar-refractivity contribution in [2.75, 3.05) is 5.75 Å². The molecule has 0 aromatic heterocycles. The summed E-state index contributed by atoms with van der Waals surface area (Å²) in [7, 11) is -3.98. The highest BCUT2D eigenvalue weighted by molar-refractivity contribution is 7.85. The summed E-state index contributed by atoms with van der Waals surface area (Å²) in [6, 6.07) is 5.50. The van der Waals surface area contributed by atoms with Gasteiger partial charge in [-0.3, -0.25) is 4.55 Å². The van der Waals surface area contributed by atoms with Crippen molar-refractivity contribution < 1.29 is 26.1 Å². The van der Waals surface area contributed by atoms with Crippen molar-refractivity contribution in [1.82, 2.24) is 0 Å². The second kappa shape index (κ2) is 7.00. The molecule has 0 aliphatic heterocycles. The van der Waals surface area contributed by atoms with Crippen molar-refractivity contribution in [2.45, 2.75) is 45.7 Å². The summed E-state index contributed by atoms with van der Waals surface area (Å²) >= 11 is 0. The maximum Gasteiger partial charge on any atom is 0.416 e. The van der Waals surface area contributed by atoms with Crippen molar-refractivity contribution in [3.05, 3.63) is 35.4 Å². The zero-order chi connectivity index (χ0) is 17.0. The van der Waals surface area contributed by atoms with Gasteiger partial charge in [-0.2, -0.15) is 21.6 Å². The standard InChI is InChI=1S/C15H21F3O3S/c1-14(2,9-5-6-10-22(19,20)21)11-12-7-3-4-8-13(12)15(16,17)18/h3-4,7-8H,5-6,9-11H2,1-2H3,(H,19,20,21). The first-order chi connectivity index (χ1) is 9.91. The SMILES string of the molecule is CC(C)(CCCCS(=O)(=O)O)Cc1ccccc1C(F)(F)F. The van der Waals surface area contributed by atoms with Crippen LogP contribution in [0, 0.1) is 5.41 Å². The van der Waals surface area contributed by atoms with Crippen LogP contribution in [0.5, 0.6) is 0 Å². The Morgan fingerprint density at radius 3 is 2.23 bits per heavy atom. The third-order valence-corrected chi connectivity index (χ3v) is 4.30. The maximum absolute atomic E-state index is 13.0.